The Labute approximate surface area is 59.9 Å². The van der Waals surface area contributed by atoms with Gasteiger partial charge in [0.05, 0.1) is 0 Å². The van der Waals surface area contributed by atoms with Gasteiger partial charge in [-0.15, -0.1) is 5.26 Å². The third kappa shape index (κ3) is 2.31. The SMILES string of the molecule is CC=C(CC)C(=O)OC#N. The second-order valence-corrected chi connectivity index (χ2v) is 1.65. The molecule has 0 rings (SSSR count). The Kier molecular flexibility index (Phi) is 3.97. The minimum Gasteiger partial charge on any atom is -0.347 e. The van der Waals surface area contributed by atoms with E-state index >= 15 is 0 Å². The number of rotatable bonds is 2. The van der Waals surface area contributed by atoms with Gasteiger partial charge < -0.3 is 4.74 Å². The number of nitrogens with zero attached hydrogens (tertiary/aromatic N) is 1. The lowest BCUT2D eigenvalue weighted by molar-refractivity contribution is -0.132. The van der Waals surface area contributed by atoms with Crippen LogP contribution >= 0.6 is 0 Å². The maximum atomic E-state index is 10.7. The van der Waals surface area contributed by atoms with Crippen LogP contribution in [0.15, 0.2) is 11.6 Å². The van der Waals surface area contributed by atoms with Crippen molar-refractivity contribution in [3.63, 3.8) is 0 Å². The molecule has 54 valence electrons. The van der Waals surface area contributed by atoms with E-state index in [2.05, 4.69) is 4.74 Å². The average Bonchev–Trinajstić information content (AvgIpc) is 1.91. The molecule has 0 unspecified atom stereocenters. The molecular formula is C7H9NO2. The molecule has 0 aliphatic heterocycles. The zero-order valence-electron chi connectivity index (χ0n) is 6.05. The number of hydrogen-bond donors (Lipinski definition) is 0. The zero-order valence-corrected chi connectivity index (χ0v) is 6.05. The summed E-state index contributed by atoms with van der Waals surface area (Å²) in [5.74, 6) is -0.549. The fourth-order valence-corrected chi connectivity index (χ4v) is 0.573. The lowest BCUT2D eigenvalue weighted by Crippen LogP contribution is -2.02. The molecule has 0 aliphatic carbocycles. The van der Waals surface area contributed by atoms with Crippen molar-refractivity contribution in [2.24, 2.45) is 0 Å². The summed E-state index contributed by atoms with van der Waals surface area (Å²) in [5, 5.41) is 7.96. The minimum absolute atomic E-state index is 0.529. The fraction of sp³-hybridized carbons (Fsp3) is 0.429. The van der Waals surface area contributed by atoms with Crippen LogP contribution in [0, 0.1) is 11.5 Å². The molecule has 0 saturated carbocycles. The Morgan fingerprint density at radius 3 is 2.70 bits per heavy atom. The van der Waals surface area contributed by atoms with Crippen LogP contribution in [0.5, 0.6) is 0 Å². The van der Waals surface area contributed by atoms with E-state index < -0.39 is 5.97 Å². The van der Waals surface area contributed by atoms with Gasteiger partial charge in [0.2, 0.25) is 0 Å². The summed E-state index contributed by atoms with van der Waals surface area (Å²) in [5.41, 5.74) is 0.529. The van der Waals surface area contributed by atoms with Gasteiger partial charge in [0.25, 0.3) is 6.26 Å². The maximum Gasteiger partial charge on any atom is 0.349 e. The van der Waals surface area contributed by atoms with Crippen LogP contribution in [0.2, 0.25) is 0 Å². The van der Waals surface area contributed by atoms with Crippen molar-refractivity contribution in [3.05, 3.63) is 11.6 Å². The molecule has 0 saturated heterocycles. The normalized spacial score (nSPS) is 10.3. The van der Waals surface area contributed by atoms with Crippen LogP contribution in [0.25, 0.3) is 0 Å². The van der Waals surface area contributed by atoms with Crippen LogP contribution in [0.3, 0.4) is 0 Å². The quantitative estimate of drug-likeness (QED) is 0.330. The van der Waals surface area contributed by atoms with E-state index in [0.29, 0.717) is 12.0 Å². The smallest absolute Gasteiger partial charge is 0.347 e. The van der Waals surface area contributed by atoms with Gasteiger partial charge in [0.1, 0.15) is 0 Å². The van der Waals surface area contributed by atoms with Gasteiger partial charge in [-0.05, 0) is 13.3 Å². The van der Waals surface area contributed by atoms with Gasteiger partial charge in [-0.25, -0.2) is 4.79 Å². The molecule has 0 atom stereocenters. The summed E-state index contributed by atoms with van der Waals surface area (Å²) < 4.78 is 4.08. The Balaban J connectivity index is 4.07. The van der Waals surface area contributed by atoms with Crippen molar-refractivity contribution in [3.8, 4) is 6.26 Å². The van der Waals surface area contributed by atoms with Crippen molar-refractivity contribution in [2.75, 3.05) is 0 Å². The van der Waals surface area contributed by atoms with Crippen molar-refractivity contribution in [1.82, 2.24) is 0 Å². The summed E-state index contributed by atoms with van der Waals surface area (Å²) >= 11 is 0. The molecule has 0 aromatic rings. The molecule has 0 radical (unpaired) electrons. The van der Waals surface area contributed by atoms with Crippen LogP contribution in [0.4, 0.5) is 0 Å². The average molecular weight is 139 g/mol. The van der Waals surface area contributed by atoms with Gasteiger partial charge >= 0.3 is 5.97 Å². The highest BCUT2D eigenvalue weighted by atomic mass is 16.5. The van der Waals surface area contributed by atoms with Gasteiger partial charge in [0, 0.05) is 5.57 Å². The Bertz CT molecular complexity index is 188. The van der Waals surface area contributed by atoms with Gasteiger partial charge in [0.15, 0.2) is 0 Å². The van der Waals surface area contributed by atoms with Crippen LogP contribution in [-0.4, -0.2) is 5.97 Å². The molecular weight excluding hydrogens is 130 g/mol. The fourth-order valence-electron chi connectivity index (χ4n) is 0.573. The lowest BCUT2D eigenvalue weighted by Gasteiger charge is -1.95. The van der Waals surface area contributed by atoms with Crippen LogP contribution in [-0.2, 0) is 9.53 Å². The Morgan fingerprint density at radius 1 is 1.80 bits per heavy atom. The van der Waals surface area contributed by atoms with Crippen molar-refractivity contribution >= 4 is 5.97 Å². The summed E-state index contributed by atoms with van der Waals surface area (Å²) in [4.78, 5) is 10.7. The number of esters is 1. The third-order valence-electron chi connectivity index (χ3n) is 1.13. The molecule has 0 fully saturated rings. The summed E-state index contributed by atoms with van der Waals surface area (Å²) in [6, 6.07) is 0. The molecule has 0 N–H and O–H groups in total. The van der Waals surface area contributed by atoms with Crippen LogP contribution < -0.4 is 0 Å². The number of nitriles is 1. The summed E-state index contributed by atoms with van der Waals surface area (Å²) in [7, 11) is 0. The number of hydrogen-bond acceptors (Lipinski definition) is 3. The van der Waals surface area contributed by atoms with E-state index in [1.807, 2.05) is 6.92 Å². The molecule has 10 heavy (non-hydrogen) atoms. The van der Waals surface area contributed by atoms with E-state index in [4.69, 9.17) is 5.26 Å². The highest BCUT2D eigenvalue weighted by Crippen LogP contribution is 2.01. The first-order valence-corrected chi connectivity index (χ1v) is 3.01. The topological polar surface area (TPSA) is 50.1 Å². The van der Waals surface area contributed by atoms with E-state index in [1.54, 1.807) is 13.0 Å². The van der Waals surface area contributed by atoms with Crippen molar-refractivity contribution in [2.45, 2.75) is 20.3 Å². The highest BCUT2D eigenvalue weighted by molar-refractivity contribution is 5.88. The zero-order chi connectivity index (χ0) is 7.98. The lowest BCUT2D eigenvalue weighted by atomic mass is 10.2. The Hall–Kier alpha value is -1.30. The van der Waals surface area contributed by atoms with Gasteiger partial charge in [-0.2, -0.15) is 0 Å². The second kappa shape index (κ2) is 4.57. The standard InChI is InChI=1S/C7H9NO2/c1-3-6(4-2)7(9)10-5-8/h3H,4H2,1-2H3. The number of allylic oxidation sites excluding steroid dienone is 1. The Morgan fingerprint density at radius 2 is 2.40 bits per heavy atom. The first-order chi connectivity index (χ1) is 4.76. The third-order valence-corrected chi connectivity index (χ3v) is 1.13. The molecule has 0 bridgehead atoms. The maximum absolute atomic E-state index is 10.7. The van der Waals surface area contributed by atoms with Crippen molar-refractivity contribution < 1.29 is 9.53 Å². The molecule has 0 aliphatic rings. The molecule has 0 amide bonds. The van der Waals surface area contributed by atoms with Gasteiger partial charge in [-0.1, -0.05) is 13.0 Å². The minimum atomic E-state index is -0.549. The number of carbonyl (C=O) groups excluding carboxylic acids is 1. The molecule has 3 heteroatoms. The first-order valence-electron chi connectivity index (χ1n) is 3.01. The number of ether oxygens (including phenoxy) is 1. The molecule has 0 aromatic heterocycles. The van der Waals surface area contributed by atoms with E-state index in [9.17, 15) is 4.79 Å². The molecule has 0 spiro atoms. The first kappa shape index (κ1) is 8.70. The molecule has 0 aromatic carbocycles. The van der Waals surface area contributed by atoms with Gasteiger partial charge in [-0.3, -0.25) is 0 Å². The number of carbonyl (C=O) groups is 1. The predicted octanol–water partition coefficient (Wildman–Crippen LogP) is 1.37. The summed E-state index contributed by atoms with van der Waals surface area (Å²) in [6.45, 7) is 3.56. The summed E-state index contributed by atoms with van der Waals surface area (Å²) in [6.07, 6.45) is 3.56. The van der Waals surface area contributed by atoms with E-state index in [1.165, 1.54) is 6.26 Å². The molecule has 3 nitrogen and oxygen atoms in total. The molecule has 0 heterocycles. The highest BCUT2D eigenvalue weighted by Gasteiger charge is 2.05. The predicted molar refractivity (Wildman–Crippen MR) is 35.8 cm³/mol. The largest absolute Gasteiger partial charge is 0.349 e. The monoisotopic (exact) mass is 139 g/mol. The van der Waals surface area contributed by atoms with E-state index in [0.717, 1.165) is 0 Å². The van der Waals surface area contributed by atoms with Crippen LogP contribution in [0.1, 0.15) is 20.3 Å². The van der Waals surface area contributed by atoms with E-state index in [-0.39, 0.29) is 0 Å². The second-order valence-electron chi connectivity index (χ2n) is 1.65. The van der Waals surface area contributed by atoms with Crippen molar-refractivity contribution in [1.29, 1.82) is 5.26 Å².